The predicted octanol–water partition coefficient (Wildman–Crippen LogP) is 2.00. The fourth-order valence-corrected chi connectivity index (χ4v) is 1.43. The van der Waals surface area contributed by atoms with E-state index in [4.69, 9.17) is 15.9 Å². The number of ketones is 1. The van der Waals surface area contributed by atoms with Crippen LogP contribution in [0.1, 0.15) is 18.1 Å². The lowest BCUT2D eigenvalue weighted by atomic mass is 10.1. The van der Waals surface area contributed by atoms with E-state index >= 15 is 0 Å². The predicted molar refractivity (Wildman–Crippen MR) is 60.2 cm³/mol. The summed E-state index contributed by atoms with van der Waals surface area (Å²) in [7, 11) is 0. The molecule has 0 radical (unpaired) electrons. The Hall–Kier alpha value is -2.21. The normalized spacial score (nSPS) is 12.8. The van der Waals surface area contributed by atoms with Crippen LogP contribution in [0.25, 0.3) is 6.08 Å². The molecule has 0 saturated carbocycles. The minimum atomic E-state index is -0.0272. The van der Waals surface area contributed by atoms with Crippen LogP contribution in [0, 0.1) is 12.3 Å². The van der Waals surface area contributed by atoms with Gasteiger partial charge in [0.25, 0.3) is 0 Å². The van der Waals surface area contributed by atoms with Crippen LogP contribution in [0.3, 0.4) is 0 Å². The molecule has 1 aromatic rings. The van der Waals surface area contributed by atoms with Crippen LogP contribution >= 0.6 is 0 Å². The lowest BCUT2D eigenvalue weighted by molar-refractivity contribution is -0.112. The third kappa shape index (κ3) is 1.91. The highest BCUT2D eigenvalue weighted by atomic mass is 16.7. The van der Waals surface area contributed by atoms with E-state index < -0.39 is 0 Å². The number of hydrogen-bond acceptors (Lipinski definition) is 3. The molecule has 3 nitrogen and oxygen atoms in total. The number of benzene rings is 1. The monoisotopic (exact) mass is 214 g/mol. The molecule has 1 aliphatic rings. The van der Waals surface area contributed by atoms with Gasteiger partial charge < -0.3 is 9.47 Å². The van der Waals surface area contributed by atoms with Crippen LogP contribution in [0.5, 0.6) is 11.5 Å². The van der Waals surface area contributed by atoms with Gasteiger partial charge in [-0.2, -0.15) is 0 Å². The molecule has 2 rings (SSSR count). The Morgan fingerprint density at radius 3 is 2.75 bits per heavy atom. The molecule has 16 heavy (non-hydrogen) atoms. The first-order valence-corrected chi connectivity index (χ1v) is 4.79. The minimum Gasteiger partial charge on any atom is -0.454 e. The van der Waals surface area contributed by atoms with Gasteiger partial charge in [0.05, 0.1) is 0 Å². The highest BCUT2D eigenvalue weighted by Crippen LogP contribution is 2.34. The average molecular weight is 214 g/mol. The van der Waals surface area contributed by atoms with E-state index in [-0.39, 0.29) is 12.6 Å². The number of terminal acetylenes is 1. The third-order valence-electron chi connectivity index (χ3n) is 2.20. The molecule has 0 atom stereocenters. The molecule has 0 unspecified atom stereocenters. The highest BCUT2D eigenvalue weighted by molar-refractivity contribution is 5.92. The first-order chi connectivity index (χ1) is 7.70. The van der Waals surface area contributed by atoms with Gasteiger partial charge in [-0.05, 0) is 24.6 Å². The fraction of sp³-hybridized carbons (Fsp3) is 0.154. The zero-order valence-corrected chi connectivity index (χ0v) is 8.82. The van der Waals surface area contributed by atoms with Crippen LogP contribution in [0.2, 0.25) is 0 Å². The van der Waals surface area contributed by atoms with Crippen molar-refractivity contribution in [1.29, 1.82) is 0 Å². The van der Waals surface area contributed by atoms with E-state index in [0.717, 1.165) is 5.56 Å². The summed E-state index contributed by atoms with van der Waals surface area (Å²) in [6.45, 7) is 1.69. The summed E-state index contributed by atoms with van der Waals surface area (Å²) >= 11 is 0. The summed E-state index contributed by atoms with van der Waals surface area (Å²) in [5, 5.41) is 0. The van der Waals surface area contributed by atoms with Crippen molar-refractivity contribution in [2.45, 2.75) is 6.92 Å². The topological polar surface area (TPSA) is 35.5 Å². The molecular formula is C13H10O3. The molecule has 1 aliphatic heterocycles. The van der Waals surface area contributed by atoms with Crippen molar-refractivity contribution in [2.24, 2.45) is 0 Å². The molecule has 1 aromatic carbocycles. The van der Waals surface area contributed by atoms with Crippen LogP contribution in [0.4, 0.5) is 0 Å². The maximum atomic E-state index is 10.9. The van der Waals surface area contributed by atoms with Crippen LogP contribution in [-0.2, 0) is 4.79 Å². The van der Waals surface area contributed by atoms with Gasteiger partial charge >= 0.3 is 0 Å². The Balaban J connectivity index is 2.45. The second-order valence-electron chi connectivity index (χ2n) is 3.38. The zero-order chi connectivity index (χ0) is 11.5. The molecule has 1 heterocycles. The standard InChI is InChI=1S/C13H10O3/c1-3-10-6-12-13(16-8-15-12)7-11(10)5-4-9(2)14/h1,4-7H,8H2,2H3/b5-4+. The fourth-order valence-electron chi connectivity index (χ4n) is 1.43. The molecule has 3 heteroatoms. The van der Waals surface area contributed by atoms with E-state index in [1.54, 1.807) is 18.2 Å². The van der Waals surface area contributed by atoms with Gasteiger partial charge in [-0.1, -0.05) is 12.0 Å². The molecule has 0 aliphatic carbocycles. The van der Waals surface area contributed by atoms with Crippen molar-refractivity contribution in [3.8, 4) is 23.8 Å². The Kier molecular flexibility index (Phi) is 2.65. The summed E-state index contributed by atoms with van der Waals surface area (Å²) in [5.74, 6) is 3.82. The maximum absolute atomic E-state index is 10.9. The van der Waals surface area contributed by atoms with Crippen LogP contribution in [-0.4, -0.2) is 12.6 Å². The Bertz CT molecular complexity index is 507. The van der Waals surface area contributed by atoms with Crippen molar-refractivity contribution in [3.63, 3.8) is 0 Å². The summed E-state index contributed by atoms with van der Waals surface area (Å²) < 4.78 is 10.4. The van der Waals surface area contributed by atoms with E-state index in [1.165, 1.54) is 13.0 Å². The van der Waals surface area contributed by atoms with Gasteiger partial charge in [-0.15, -0.1) is 6.42 Å². The van der Waals surface area contributed by atoms with Gasteiger partial charge in [0.15, 0.2) is 17.3 Å². The quantitative estimate of drug-likeness (QED) is 0.558. The molecular weight excluding hydrogens is 204 g/mol. The van der Waals surface area contributed by atoms with E-state index in [2.05, 4.69) is 5.92 Å². The van der Waals surface area contributed by atoms with Crippen molar-refractivity contribution < 1.29 is 14.3 Å². The first-order valence-electron chi connectivity index (χ1n) is 4.79. The molecule has 0 saturated heterocycles. The second-order valence-corrected chi connectivity index (χ2v) is 3.38. The number of carbonyl (C=O) groups excluding carboxylic acids is 1. The molecule has 80 valence electrons. The van der Waals surface area contributed by atoms with Crippen LogP contribution < -0.4 is 9.47 Å². The van der Waals surface area contributed by atoms with Gasteiger partial charge in [0, 0.05) is 11.6 Å². The molecule has 0 N–H and O–H groups in total. The lowest BCUT2D eigenvalue weighted by Crippen LogP contribution is -1.92. The van der Waals surface area contributed by atoms with Crippen molar-refractivity contribution in [3.05, 3.63) is 29.3 Å². The number of hydrogen-bond donors (Lipinski definition) is 0. The average Bonchev–Trinajstić information content (AvgIpc) is 2.71. The van der Waals surface area contributed by atoms with E-state index in [9.17, 15) is 4.79 Å². The Labute approximate surface area is 93.7 Å². The van der Waals surface area contributed by atoms with Crippen LogP contribution in [0.15, 0.2) is 18.2 Å². The Morgan fingerprint density at radius 1 is 1.44 bits per heavy atom. The number of rotatable bonds is 2. The van der Waals surface area contributed by atoms with Crippen molar-refractivity contribution >= 4 is 11.9 Å². The minimum absolute atomic E-state index is 0.0272. The van der Waals surface area contributed by atoms with Gasteiger partial charge in [-0.25, -0.2) is 0 Å². The number of carbonyl (C=O) groups is 1. The SMILES string of the molecule is C#Cc1cc2c(cc1/C=C/C(C)=O)OCO2. The van der Waals surface area contributed by atoms with Gasteiger partial charge in [0.2, 0.25) is 6.79 Å². The third-order valence-corrected chi connectivity index (χ3v) is 2.20. The Morgan fingerprint density at radius 2 is 2.12 bits per heavy atom. The highest BCUT2D eigenvalue weighted by Gasteiger charge is 2.15. The molecule has 0 bridgehead atoms. The molecule has 0 spiro atoms. The molecule has 0 aromatic heterocycles. The smallest absolute Gasteiger partial charge is 0.231 e. The van der Waals surface area contributed by atoms with Gasteiger partial charge in [0.1, 0.15) is 0 Å². The largest absolute Gasteiger partial charge is 0.454 e. The summed E-state index contributed by atoms with van der Waals surface area (Å²) in [6.07, 6.45) is 8.54. The molecule has 0 fully saturated rings. The maximum Gasteiger partial charge on any atom is 0.231 e. The first kappa shape index (κ1) is 10.3. The van der Waals surface area contributed by atoms with E-state index in [0.29, 0.717) is 17.1 Å². The zero-order valence-electron chi connectivity index (χ0n) is 8.82. The van der Waals surface area contributed by atoms with E-state index in [1.807, 2.05) is 0 Å². The molecule has 0 amide bonds. The lowest BCUT2D eigenvalue weighted by Gasteiger charge is -2.01. The number of allylic oxidation sites excluding steroid dienone is 1. The summed E-state index contributed by atoms with van der Waals surface area (Å²) in [6, 6.07) is 3.51. The number of fused-ring (bicyclic) bond motifs is 1. The summed E-state index contributed by atoms with van der Waals surface area (Å²) in [4.78, 5) is 10.9. The van der Waals surface area contributed by atoms with Gasteiger partial charge in [-0.3, -0.25) is 4.79 Å². The number of ether oxygens (including phenoxy) is 2. The second kappa shape index (κ2) is 4.11. The van der Waals surface area contributed by atoms with Crippen molar-refractivity contribution in [1.82, 2.24) is 0 Å². The summed E-state index contributed by atoms with van der Waals surface area (Å²) in [5.41, 5.74) is 1.46. The van der Waals surface area contributed by atoms with Crippen molar-refractivity contribution in [2.75, 3.05) is 6.79 Å².